The van der Waals surface area contributed by atoms with E-state index in [4.69, 9.17) is 0 Å². The van der Waals surface area contributed by atoms with Gasteiger partial charge in [0.15, 0.2) is 0 Å². The molecule has 0 unspecified atom stereocenters. The van der Waals surface area contributed by atoms with Crippen molar-refractivity contribution in [1.82, 2.24) is 0 Å². The topological polar surface area (TPSA) is 0 Å². The Morgan fingerprint density at radius 1 is 0.375 bits per heavy atom. The van der Waals surface area contributed by atoms with Crippen LogP contribution in [-0.4, -0.2) is 45.6 Å². The van der Waals surface area contributed by atoms with Crippen LogP contribution in [0.25, 0.3) is 0 Å². The van der Waals surface area contributed by atoms with Gasteiger partial charge < -0.3 is 28.2 Å². The zero-order chi connectivity index (χ0) is 0. The quantitative estimate of drug-likeness (QED) is 0.308. The minimum Gasteiger partial charge on any atom is -1.00 e. The predicted octanol–water partition coefficient (Wildman–Crippen LogP) is -18.7. The van der Waals surface area contributed by atoms with E-state index in [9.17, 15) is 0 Å². The summed E-state index contributed by atoms with van der Waals surface area (Å²) in [6, 6.07) is 0. The fourth-order valence-electron chi connectivity index (χ4n) is 0. The summed E-state index contributed by atoms with van der Waals surface area (Å²) >= 11 is 0. The fourth-order valence-corrected chi connectivity index (χ4v) is 0. The second-order valence-electron chi connectivity index (χ2n) is 0. The Kier molecular flexibility index (Phi) is 21600. The molecule has 0 aromatic rings. The van der Waals surface area contributed by atoms with Crippen LogP contribution >= 0.6 is 0 Å². The smallest absolute Gasteiger partial charge is 1.00 e. The SMILES string of the molecule is [F-].[F-].[F-].[F-].[F-].[F-].[Ga+3].[In+3]. The molecule has 0 heterocycles. The van der Waals surface area contributed by atoms with E-state index < -0.39 is 0 Å². The van der Waals surface area contributed by atoms with Gasteiger partial charge in [0.2, 0.25) is 0 Å². The normalized spacial score (nSPS) is 0. The van der Waals surface area contributed by atoms with Gasteiger partial charge in [-0.15, -0.1) is 0 Å². The molecule has 0 radical (unpaired) electrons. The molecule has 0 aliphatic carbocycles. The van der Waals surface area contributed by atoms with Gasteiger partial charge in [-0.25, -0.2) is 0 Å². The third kappa shape index (κ3) is 222. The van der Waals surface area contributed by atoms with Crippen molar-refractivity contribution in [2.24, 2.45) is 0 Å². The van der Waals surface area contributed by atoms with Crippen LogP contribution in [0.15, 0.2) is 0 Å². The molecule has 0 aliphatic rings. The molecule has 0 saturated carbocycles. The Balaban J connectivity index is 0. The van der Waals surface area contributed by atoms with E-state index in [-0.39, 0.29) is 73.9 Å². The van der Waals surface area contributed by atoms with Crippen molar-refractivity contribution in [3.63, 3.8) is 0 Å². The van der Waals surface area contributed by atoms with Gasteiger partial charge in [0.25, 0.3) is 0 Å². The first-order valence-corrected chi connectivity index (χ1v) is 0. The first-order valence-electron chi connectivity index (χ1n) is 0. The predicted molar refractivity (Wildman–Crippen MR) is 11.5 cm³/mol. The van der Waals surface area contributed by atoms with Crippen molar-refractivity contribution < 1.29 is 28.2 Å². The maximum atomic E-state index is 0. The van der Waals surface area contributed by atoms with Crippen molar-refractivity contribution in [3.8, 4) is 0 Å². The van der Waals surface area contributed by atoms with Crippen molar-refractivity contribution in [2.75, 3.05) is 0 Å². The Labute approximate surface area is 73.8 Å². The summed E-state index contributed by atoms with van der Waals surface area (Å²) in [5, 5.41) is 0. The first kappa shape index (κ1) is 503. The maximum Gasteiger partial charge on any atom is 3.00 e. The minimum atomic E-state index is 0. The summed E-state index contributed by atoms with van der Waals surface area (Å²) < 4.78 is 0. The summed E-state index contributed by atoms with van der Waals surface area (Å²) in [5.41, 5.74) is 0. The summed E-state index contributed by atoms with van der Waals surface area (Å²) in [6.07, 6.45) is 0. The van der Waals surface area contributed by atoms with Crippen molar-refractivity contribution in [2.45, 2.75) is 0 Å². The molecule has 0 atom stereocenters. The standard InChI is InChI=1S/6FH.Ga.In/h6*1H;;/q;;;;;;2*+3/p-6. The minimum absolute atomic E-state index is 0. The number of hydrogen-bond acceptors (Lipinski definition) is 0. The largest absolute Gasteiger partial charge is 3.00 e. The summed E-state index contributed by atoms with van der Waals surface area (Å²) in [4.78, 5) is 0. The van der Waals surface area contributed by atoms with Gasteiger partial charge in [0.1, 0.15) is 0 Å². The third-order valence-corrected chi connectivity index (χ3v) is 0. The maximum absolute atomic E-state index is 0. The average molecular weight is 299 g/mol. The van der Waals surface area contributed by atoms with E-state index >= 15 is 0 Å². The Hall–Kier alpha value is 1.09. The van der Waals surface area contributed by atoms with Crippen LogP contribution < -0.4 is 28.2 Å². The number of rotatable bonds is 0. The summed E-state index contributed by atoms with van der Waals surface area (Å²) in [6.45, 7) is 0. The van der Waals surface area contributed by atoms with Crippen molar-refractivity contribution >= 4 is 45.6 Å². The van der Waals surface area contributed by atoms with Gasteiger partial charge in [-0.1, -0.05) is 0 Å². The molecule has 8 heavy (non-hydrogen) atoms. The molecular weight excluding hydrogens is 299 g/mol. The van der Waals surface area contributed by atoms with Gasteiger partial charge in [-0.3, -0.25) is 0 Å². The van der Waals surface area contributed by atoms with Crippen LogP contribution in [0.5, 0.6) is 0 Å². The molecule has 0 aromatic carbocycles. The van der Waals surface area contributed by atoms with E-state index in [1.807, 2.05) is 0 Å². The van der Waals surface area contributed by atoms with Gasteiger partial charge in [0.05, 0.1) is 0 Å². The monoisotopic (exact) mass is 298 g/mol. The summed E-state index contributed by atoms with van der Waals surface area (Å²) in [5.74, 6) is 0. The molecule has 0 nitrogen and oxygen atoms in total. The van der Waals surface area contributed by atoms with E-state index in [1.54, 1.807) is 0 Å². The molecule has 0 rings (SSSR count). The third-order valence-electron chi connectivity index (χ3n) is 0. The zero-order valence-corrected chi connectivity index (χ0v) is 9.14. The molecule has 0 fully saturated rings. The molecule has 0 spiro atoms. The van der Waals surface area contributed by atoms with E-state index in [0.29, 0.717) is 0 Å². The van der Waals surface area contributed by atoms with Crippen molar-refractivity contribution in [1.29, 1.82) is 0 Å². The molecule has 0 aliphatic heterocycles. The fraction of sp³-hybridized carbons (Fsp3) is 0. The van der Waals surface area contributed by atoms with Crippen LogP contribution in [0.3, 0.4) is 0 Å². The number of halogens is 6. The van der Waals surface area contributed by atoms with E-state index in [1.165, 1.54) is 0 Å². The van der Waals surface area contributed by atoms with Crippen molar-refractivity contribution in [3.05, 3.63) is 0 Å². The van der Waals surface area contributed by atoms with Gasteiger partial charge in [-0.2, -0.15) is 0 Å². The molecule has 0 bridgehead atoms. The Morgan fingerprint density at radius 2 is 0.375 bits per heavy atom. The molecule has 48 valence electrons. The molecule has 0 aromatic heterocycles. The molecule has 0 amide bonds. The van der Waals surface area contributed by atoms with E-state index in [2.05, 4.69) is 0 Å². The van der Waals surface area contributed by atoms with Gasteiger partial charge in [0, 0.05) is 0 Å². The second kappa shape index (κ2) is 344. The van der Waals surface area contributed by atoms with E-state index in [0.717, 1.165) is 0 Å². The Morgan fingerprint density at radius 3 is 0.375 bits per heavy atom. The van der Waals surface area contributed by atoms with Crippen LogP contribution in [-0.2, 0) is 0 Å². The van der Waals surface area contributed by atoms with Crippen LogP contribution in [0, 0.1) is 0 Å². The summed E-state index contributed by atoms with van der Waals surface area (Å²) in [7, 11) is 0. The molecule has 8 heteroatoms. The first-order chi connectivity index (χ1) is 0. The molecular formula is F6GaIn. The zero-order valence-electron chi connectivity index (χ0n) is 3.42. The Bertz CT molecular complexity index is 8.49. The second-order valence-corrected chi connectivity index (χ2v) is 0. The van der Waals surface area contributed by atoms with Crippen LogP contribution in [0.2, 0.25) is 0 Å². The number of hydrogen-bond donors (Lipinski definition) is 0. The van der Waals surface area contributed by atoms with Crippen LogP contribution in [0.1, 0.15) is 0 Å². The molecule has 0 N–H and O–H groups in total. The molecule has 0 saturated heterocycles. The average Bonchev–Trinajstić information content (AvgIpc) is 0. The van der Waals surface area contributed by atoms with Gasteiger partial charge >= 0.3 is 45.6 Å². The van der Waals surface area contributed by atoms with Crippen LogP contribution in [0.4, 0.5) is 0 Å². The van der Waals surface area contributed by atoms with Gasteiger partial charge in [-0.05, 0) is 0 Å².